The number of aromatic nitrogens is 5. The fourth-order valence-corrected chi connectivity index (χ4v) is 4.58. The number of hydrogen-bond donors (Lipinski definition) is 2. The van der Waals surface area contributed by atoms with E-state index in [1.807, 2.05) is 30.0 Å². The largest absolute Gasteiger partial charge is 0.347 e. The standard InChI is InChI=1S/C20H21N7OS/c1-26-4-2-3-16(11-26)25-20(28)18-5-13(12-29-18)17-9-24-27-10-15(6-21-19(17)27)14-7-22-23-8-14/h5-10,12,16H,2-4,11H2,1H3,(H,22,23)(H,25,28). The van der Waals surface area contributed by atoms with Crippen LogP contribution < -0.4 is 5.32 Å². The maximum Gasteiger partial charge on any atom is 0.261 e. The van der Waals surface area contributed by atoms with E-state index in [2.05, 4.69) is 37.5 Å². The summed E-state index contributed by atoms with van der Waals surface area (Å²) in [6.45, 7) is 2.00. The van der Waals surface area contributed by atoms with Crippen molar-refractivity contribution in [2.75, 3.05) is 20.1 Å². The molecular weight excluding hydrogens is 386 g/mol. The fraction of sp³-hybridized carbons (Fsp3) is 0.300. The highest BCUT2D eigenvalue weighted by Gasteiger charge is 2.21. The molecule has 5 rings (SSSR count). The molecule has 148 valence electrons. The summed E-state index contributed by atoms with van der Waals surface area (Å²) in [5.74, 6) is -0.00627. The summed E-state index contributed by atoms with van der Waals surface area (Å²) in [5, 5.41) is 16.4. The quantitative estimate of drug-likeness (QED) is 0.543. The average Bonchev–Trinajstić information content (AvgIpc) is 3.47. The van der Waals surface area contributed by atoms with Gasteiger partial charge in [0.1, 0.15) is 0 Å². The van der Waals surface area contributed by atoms with Crippen LogP contribution in [0.2, 0.25) is 0 Å². The molecule has 1 fully saturated rings. The van der Waals surface area contributed by atoms with Crippen LogP contribution in [0.5, 0.6) is 0 Å². The molecule has 0 aromatic carbocycles. The zero-order valence-corrected chi connectivity index (χ0v) is 16.8. The van der Waals surface area contributed by atoms with E-state index in [-0.39, 0.29) is 11.9 Å². The third-order valence-electron chi connectivity index (χ3n) is 5.28. The van der Waals surface area contributed by atoms with Gasteiger partial charge in [0.25, 0.3) is 5.91 Å². The number of fused-ring (bicyclic) bond motifs is 1. The first-order valence-electron chi connectivity index (χ1n) is 9.58. The Bertz CT molecular complexity index is 1150. The molecule has 0 bridgehead atoms. The maximum atomic E-state index is 12.7. The number of likely N-dealkylation sites (tertiary alicyclic amines) is 1. The summed E-state index contributed by atoms with van der Waals surface area (Å²) in [5.41, 5.74) is 4.52. The number of H-pyrrole nitrogens is 1. The van der Waals surface area contributed by atoms with E-state index in [1.165, 1.54) is 11.3 Å². The van der Waals surface area contributed by atoms with Crippen molar-refractivity contribution >= 4 is 22.9 Å². The summed E-state index contributed by atoms with van der Waals surface area (Å²) in [4.78, 5) is 20.2. The molecule has 5 heterocycles. The SMILES string of the molecule is CN1CCCC(NC(=O)c2cc(-c3cnn4cc(-c5cn[nH]c5)cnc34)cs2)C1. The molecule has 1 aliphatic rings. The number of carbonyl (C=O) groups excluding carboxylic acids is 1. The molecule has 2 N–H and O–H groups in total. The van der Waals surface area contributed by atoms with Crippen LogP contribution >= 0.6 is 11.3 Å². The highest BCUT2D eigenvalue weighted by molar-refractivity contribution is 7.12. The molecule has 4 aromatic rings. The smallest absolute Gasteiger partial charge is 0.261 e. The lowest BCUT2D eigenvalue weighted by atomic mass is 10.1. The number of piperidine rings is 1. The number of thiophene rings is 1. The van der Waals surface area contributed by atoms with Crippen LogP contribution in [-0.2, 0) is 0 Å². The van der Waals surface area contributed by atoms with Crippen molar-refractivity contribution in [1.82, 2.24) is 35.0 Å². The number of likely N-dealkylation sites (N-methyl/N-ethyl adjacent to an activating group) is 1. The van der Waals surface area contributed by atoms with Gasteiger partial charge in [-0.25, -0.2) is 9.50 Å². The van der Waals surface area contributed by atoms with Crippen molar-refractivity contribution in [2.24, 2.45) is 0 Å². The molecule has 0 aliphatic carbocycles. The lowest BCUT2D eigenvalue weighted by Gasteiger charge is -2.30. The molecule has 0 saturated carbocycles. The maximum absolute atomic E-state index is 12.7. The Morgan fingerprint density at radius 1 is 1.28 bits per heavy atom. The zero-order valence-electron chi connectivity index (χ0n) is 16.0. The fourth-order valence-electron chi connectivity index (χ4n) is 3.77. The van der Waals surface area contributed by atoms with Gasteiger partial charge in [0.05, 0.1) is 17.3 Å². The van der Waals surface area contributed by atoms with E-state index in [1.54, 1.807) is 16.9 Å². The first-order chi connectivity index (χ1) is 14.2. The molecule has 1 atom stereocenters. The lowest BCUT2D eigenvalue weighted by Crippen LogP contribution is -2.46. The predicted octanol–water partition coefficient (Wildman–Crippen LogP) is 2.67. The van der Waals surface area contributed by atoms with Crippen molar-refractivity contribution in [3.8, 4) is 22.3 Å². The van der Waals surface area contributed by atoms with Crippen molar-refractivity contribution in [3.05, 3.63) is 47.3 Å². The van der Waals surface area contributed by atoms with E-state index < -0.39 is 0 Å². The molecule has 29 heavy (non-hydrogen) atoms. The topological polar surface area (TPSA) is 91.2 Å². The van der Waals surface area contributed by atoms with E-state index in [0.717, 1.165) is 53.8 Å². The third-order valence-corrected chi connectivity index (χ3v) is 6.21. The average molecular weight is 408 g/mol. The second-order valence-electron chi connectivity index (χ2n) is 7.43. The molecular formula is C20H21N7OS. The van der Waals surface area contributed by atoms with Gasteiger partial charge in [-0.05, 0) is 43.4 Å². The predicted molar refractivity (Wildman–Crippen MR) is 112 cm³/mol. The van der Waals surface area contributed by atoms with Crippen LogP contribution in [-0.4, -0.2) is 61.8 Å². The molecule has 4 aromatic heterocycles. The highest BCUT2D eigenvalue weighted by atomic mass is 32.1. The first-order valence-corrected chi connectivity index (χ1v) is 10.5. The van der Waals surface area contributed by atoms with E-state index in [9.17, 15) is 4.79 Å². The van der Waals surface area contributed by atoms with Gasteiger partial charge in [0.15, 0.2) is 5.65 Å². The monoisotopic (exact) mass is 407 g/mol. The number of aromatic amines is 1. The van der Waals surface area contributed by atoms with E-state index in [4.69, 9.17) is 0 Å². The Hall–Kier alpha value is -3.04. The number of rotatable bonds is 4. The van der Waals surface area contributed by atoms with Gasteiger partial charge in [-0.2, -0.15) is 10.2 Å². The number of amides is 1. The summed E-state index contributed by atoms with van der Waals surface area (Å²) in [7, 11) is 2.09. The van der Waals surface area contributed by atoms with Gasteiger partial charge >= 0.3 is 0 Å². The number of nitrogens with one attached hydrogen (secondary N) is 2. The Labute approximate surface area is 171 Å². The van der Waals surface area contributed by atoms with Gasteiger partial charge in [0.2, 0.25) is 0 Å². The highest BCUT2D eigenvalue weighted by Crippen LogP contribution is 2.29. The Kier molecular flexibility index (Phi) is 4.61. The number of hydrogen-bond acceptors (Lipinski definition) is 6. The van der Waals surface area contributed by atoms with Crippen LogP contribution in [0.15, 0.2) is 42.4 Å². The van der Waals surface area contributed by atoms with Crippen LogP contribution in [0, 0.1) is 0 Å². The second-order valence-corrected chi connectivity index (χ2v) is 8.34. The van der Waals surface area contributed by atoms with Gasteiger partial charge in [-0.1, -0.05) is 0 Å². The van der Waals surface area contributed by atoms with Gasteiger partial charge in [-0.15, -0.1) is 11.3 Å². The van der Waals surface area contributed by atoms with Crippen LogP contribution in [0.3, 0.4) is 0 Å². The minimum atomic E-state index is -0.00627. The minimum absolute atomic E-state index is 0.00627. The van der Waals surface area contributed by atoms with Gasteiger partial charge in [0, 0.05) is 47.9 Å². The molecule has 0 radical (unpaired) electrons. The summed E-state index contributed by atoms with van der Waals surface area (Å²) < 4.78 is 1.76. The Morgan fingerprint density at radius 3 is 3.03 bits per heavy atom. The molecule has 9 heteroatoms. The van der Waals surface area contributed by atoms with Gasteiger partial charge in [-0.3, -0.25) is 9.89 Å². The van der Waals surface area contributed by atoms with Crippen LogP contribution in [0.25, 0.3) is 27.9 Å². The van der Waals surface area contributed by atoms with E-state index >= 15 is 0 Å². The second kappa shape index (κ2) is 7.41. The minimum Gasteiger partial charge on any atom is -0.347 e. The van der Waals surface area contributed by atoms with Crippen LogP contribution in [0.4, 0.5) is 0 Å². The summed E-state index contributed by atoms with van der Waals surface area (Å²) >= 11 is 1.45. The molecule has 1 aliphatic heterocycles. The zero-order chi connectivity index (χ0) is 19.8. The molecule has 1 amide bonds. The number of carbonyl (C=O) groups is 1. The normalized spacial score (nSPS) is 17.6. The number of nitrogens with zero attached hydrogens (tertiary/aromatic N) is 5. The molecule has 1 unspecified atom stereocenters. The van der Waals surface area contributed by atoms with Gasteiger partial charge < -0.3 is 10.2 Å². The lowest BCUT2D eigenvalue weighted by molar-refractivity contribution is 0.0916. The Morgan fingerprint density at radius 2 is 2.21 bits per heavy atom. The van der Waals surface area contributed by atoms with Crippen molar-refractivity contribution < 1.29 is 4.79 Å². The summed E-state index contributed by atoms with van der Waals surface area (Å²) in [6, 6.07) is 2.14. The van der Waals surface area contributed by atoms with Crippen molar-refractivity contribution in [2.45, 2.75) is 18.9 Å². The van der Waals surface area contributed by atoms with E-state index in [0.29, 0.717) is 4.88 Å². The summed E-state index contributed by atoms with van der Waals surface area (Å²) in [6.07, 6.45) is 11.3. The van der Waals surface area contributed by atoms with Crippen molar-refractivity contribution in [3.63, 3.8) is 0 Å². The van der Waals surface area contributed by atoms with Crippen molar-refractivity contribution in [1.29, 1.82) is 0 Å². The third kappa shape index (κ3) is 3.54. The molecule has 1 saturated heterocycles. The first kappa shape index (κ1) is 18.0. The van der Waals surface area contributed by atoms with Crippen LogP contribution in [0.1, 0.15) is 22.5 Å². The molecule has 0 spiro atoms. The Balaban J connectivity index is 1.37. The molecule has 8 nitrogen and oxygen atoms in total.